The number of urea groups is 1. The van der Waals surface area contributed by atoms with E-state index in [9.17, 15) is 9.59 Å². The third kappa shape index (κ3) is 7.42. The Hall–Kier alpha value is -0.910. The smallest absolute Gasteiger partial charge is 0.314 e. The molecule has 0 aliphatic rings. The molecule has 1 unspecified atom stereocenters. The number of amides is 2. The van der Waals surface area contributed by atoms with Crippen molar-refractivity contribution in [3.05, 3.63) is 0 Å². The highest BCUT2D eigenvalue weighted by Gasteiger charge is 2.19. The molecule has 0 aliphatic heterocycles. The first-order chi connectivity index (χ1) is 8.32. The van der Waals surface area contributed by atoms with Gasteiger partial charge in [-0.1, -0.05) is 13.3 Å². The van der Waals surface area contributed by atoms with Gasteiger partial charge in [0.1, 0.15) is 0 Å². The normalized spacial score (nSPS) is 12.9. The summed E-state index contributed by atoms with van der Waals surface area (Å²) < 4.78 is -0.0209. The molecule has 0 aromatic heterocycles. The molecule has 18 heavy (non-hydrogen) atoms. The standard InChI is InChI=1S/C12H24N2O3S/c1-5-6-9(10(15)16)7-13-11(17)14-8-12(2,3)18-4/h9H,5-8H2,1-4H3,(H,15,16)(H2,13,14,17). The second-order valence-corrected chi connectivity index (χ2v) is 6.36. The number of hydrogen-bond acceptors (Lipinski definition) is 3. The molecule has 0 spiro atoms. The molecule has 0 saturated carbocycles. The van der Waals surface area contributed by atoms with Crippen molar-refractivity contribution in [2.75, 3.05) is 19.3 Å². The first-order valence-electron chi connectivity index (χ1n) is 6.12. The van der Waals surface area contributed by atoms with Crippen LogP contribution in [-0.2, 0) is 4.79 Å². The Labute approximate surface area is 113 Å². The van der Waals surface area contributed by atoms with Crippen LogP contribution in [0.4, 0.5) is 4.79 Å². The number of aliphatic carboxylic acids is 1. The molecule has 106 valence electrons. The topological polar surface area (TPSA) is 78.4 Å². The predicted molar refractivity (Wildman–Crippen MR) is 75.0 cm³/mol. The Balaban J connectivity index is 3.98. The van der Waals surface area contributed by atoms with Crippen LogP contribution in [0.3, 0.4) is 0 Å². The van der Waals surface area contributed by atoms with Gasteiger partial charge in [-0.15, -0.1) is 0 Å². The fourth-order valence-electron chi connectivity index (χ4n) is 1.31. The molecule has 6 heteroatoms. The van der Waals surface area contributed by atoms with Gasteiger partial charge in [0.25, 0.3) is 0 Å². The zero-order valence-electron chi connectivity index (χ0n) is 11.6. The molecule has 0 aromatic carbocycles. The van der Waals surface area contributed by atoms with Crippen molar-refractivity contribution in [3.63, 3.8) is 0 Å². The minimum absolute atomic E-state index is 0.0209. The van der Waals surface area contributed by atoms with E-state index < -0.39 is 11.9 Å². The van der Waals surface area contributed by atoms with Crippen LogP contribution in [0.25, 0.3) is 0 Å². The monoisotopic (exact) mass is 276 g/mol. The van der Waals surface area contributed by atoms with E-state index in [0.29, 0.717) is 13.0 Å². The van der Waals surface area contributed by atoms with E-state index >= 15 is 0 Å². The highest BCUT2D eigenvalue weighted by molar-refractivity contribution is 7.99. The molecule has 2 amide bonds. The number of rotatable bonds is 8. The van der Waals surface area contributed by atoms with Crippen molar-refractivity contribution in [3.8, 4) is 0 Å². The SMILES string of the molecule is CCCC(CNC(=O)NCC(C)(C)SC)C(=O)O. The van der Waals surface area contributed by atoms with Crippen molar-refractivity contribution in [2.45, 2.75) is 38.4 Å². The summed E-state index contributed by atoms with van der Waals surface area (Å²) >= 11 is 1.67. The van der Waals surface area contributed by atoms with E-state index in [1.807, 2.05) is 27.0 Å². The van der Waals surface area contributed by atoms with Crippen LogP contribution < -0.4 is 10.6 Å². The van der Waals surface area contributed by atoms with Crippen LogP contribution in [0.5, 0.6) is 0 Å². The van der Waals surface area contributed by atoms with Gasteiger partial charge >= 0.3 is 12.0 Å². The van der Waals surface area contributed by atoms with Crippen LogP contribution >= 0.6 is 11.8 Å². The molecule has 0 fully saturated rings. The van der Waals surface area contributed by atoms with Crippen LogP contribution in [0.15, 0.2) is 0 Å². The second-order valence-electron chi connectivity index (χ2n) is 4.85. The molecule has 3 N–H and O–H groups in total. The van der Waals surface area contributed by atoms with Gasteiger partial charge in [-0.25, -0.2) is 4.79 Å². The van der Waals surface area contributed by atoms with Crippen LogP contribution in [0.2, 0.25) is 0 Å². The summed E-state index contributed by atoms with van der Waals surface area (Å²) in [5, 5.41) is 14.3. The summed E-state index contributed by atoms with van der Waals surface area (Å²) in [6.07, 6.45) is 3.35. The Morgan fingerprint density at radius 1 is 1.33 bits per heavy atom. The average molecular weight is 276 g/mol. The minimum atomic E-state index is -0.860. The Morgan fingerprint density at radius 2 is 1.94 bits per heavy atom. The summed E-state index contributed by atoms with van der Waals surface area (Å²) in [5.74, 6) is -1.36. The van der Waals surface area contributed by atoms with Gasteiger partial charge in [-0.2, -0.15) is 11.8 Å². The molecule has 0 aliphatic carbocycles. The van der Waals surface area contributed by atoms with Gasteiger partial charge < -0.3 is 15.7 Å². The highest BCUT2D eigenvalue weighted by atomic mass is 32.2. The lowest BCUT2D eigenvalue weighted by Gasteiger charge is -2.22. The fourth-order valence-corrected chi connectivity index (χ4v) is 1.52. The zero-order valence-corrected chi connectivity index (χ0v) is 12.4. The molecule has 0 heterocycles. The van der Waals surface area contributed by atoms with Gasteiger partial charge in [-0.3, -0.25) is 4.79 Å². The number of carboxylic acids is 1. The molecule has 0 rings (SSSR count). The molecule has 0 bridgehead atoms. The van der Waals surface area contributed by atoms with Crippen molar-refractivity contribution in [1.29, 1.82) is 0 Å². The van der Waals surface area contributed by atoms with Gasteiger partial charge in [0.05, 0.1) is 5.92 Å². The van der Waals surface area contributed by atoms with E-state index in [4.69, 9.17) is 5.11 Å². The first kappa shape index (κ1) is 17.1. The summed E-state index contributed by atoms with van der Waals surface area (Å²) in [6, 6.07) is -0.306. The molecular weight excluding hydrogens is 252 g/mol. The maximum absolute atomic E-state index is 11.5. The predicted octanol–water partition coefficient (Wildman–Crippen LogP) is 1.93. The molecular formula is C12H24N2O3S. The van der Waals surface area contributed by atoms with E-state index in [1.165, 1.54) is 0 Å². The quantitative estimate of drug-likeness (QED) is 0.633. The number of carboxylic acid groups (broad SMARTS) is 1. The van der Waals surface area contributed by atoms with Gasteiger partial charge in [0.2, 0.25) is 0 Å². The van der Waals surface area contributed by atoms with E-state index in [1.54, 1.807) is 11.8 Å². The molecule has 0 radical (unpaired) electrons. The minimum Gasteiger partial charge on any atom is -0.481 e. The van der Waals surface area contributed by atoms with Crippen molar-refractivity contribution in [1.82, 2.24) is 10.6 Å². The summed E-state index contributed by atoms with van der Waals surface area (Å²) in [5.41, 5.74) is 0. The lowest BCUT2D eigenvalue weighted by molar-refractivity contribution is -0.141. The maximum Gasteiger partial charge on any atom is 0.314 e. The lowest BCUT2D eigenvalue weighted by Crippen LogP contribution is -2.44. The van der Waals surface area contributed by atoms with E-state index in [-0.39, 0.29) is 17.3 Å². The van der Waals surface area contributed by atoms with Crippen LogP contribution in [-0.4, -0.2) is 41.2 Å². The van der Waals surface area contributed by atoms with Crippen molar-refractivity contribution >= 4 is 23.8 Å². The maximum atomic E-state index is 11.5. The molecule has 5 nitrogen and oxygen atoms in total. The fraction of sp³-hybridized carbons (Fsp3) is 0.833. The van der Waals surface area contributed by atoms with E-state index in [0.717, 1.165) is 6.42 Å². The van der Waals surface area contributed by atoms with E-state index in [2.05, 4.69) is 10.6 Å². The second kappa shape index (κ2) is 8.24. The van der Waals surface area contributed by atoms with Crippen molar-refractivity contribution < 1.29 is 14.7 Å². The first-order valence-corrected chi connectivity index (χ1v) is 7.34. The van der Waals surface area contributed by atoms with Gasteiger partial charge in [-0.05, 0) is 26.5 Å². The zero-order chi connectivity index (χ0) is 14.2. The molecule has 0 aromatic rings. The number of hydrogen-bond donors (Lipinski definition) is 3. The Bertz CT molecular complexity index is 282. The van der Waals surface area contributed by atoms with Gasteiger partial charge in [0, 0.05) is 17.8 Å². The number of carbonyl (C=O) groups is 2. The molecule has 1 atom stereocenters. The molecule has 0 saturated heterocycles. The van der Waals surface area contributed by atoms with Crippen molar-refractivity contribution in [2.24, 2.45) is 5.92 Å². The average Bonchev–Trinajstić information content (AvgIpc) is 2.31. The third-order valence-corrected chi connectivity index (χ3v) is 3.97. The number of carbonyl (C=O) groups excluding carboxylic acids is 1. The van der Waals surface area contributed by atoms with Crippen LogP contribution in [0.1, 0.15) is 33.6 Å². The third-order valence-electron chi connectivity index (χ3n) is 2.72. The largest absolute Gasteiger partial charge is 0.481 e. The Morgan fingerprint density at radius 3 is 2.39 bits per heavy atom. The summed E-state index contributed by atoms with van der Waals surface area (Å²) in [6.45, 7) is 6.72. The van der Waals surface area contributed by atoms with Gasteiger partial charge in [0.15, 0.2) is 0 Å². The number of nitrogens with one attached hydrogen (secondary N) is 2. The lowest BCUT2D eigenvalue weighted by atomic mass is 10.0. The van der Waals surface area contributed by atoms with Crippen LogP contribution in [0, 0.1) is 5.92 Å². The number of thioether (sulfide) groups is 1. The highest BCUT2D eigenvalue weighted by Crippen LogP contribution is 2.19. The Kier molecular flexibility index (Phi) is 7.82. The summed E-state index contributed by atoms with van der Waals surface area (Å²) in [4.78, 5) is 22.4. The summed E-state index contributed by atoms with van der Waals surface area (Å²) in [7, 11) is 0.